The molecule has 0 aliphatic carbocycles. The first-order valence-electron chi connectivity index (χ1n) is 5.11. The minimum atomic E-state index is -3.23. The Hall–Kier alpha value is -0.660. The molecule has 7 heteroatoms. The predicted molar refractivity (Wildman–Crippen MR) is 67.4 cm³/mol. The van der Waals surface area contributed by atoms with Crippen LogP contribution in [0.15, 0.2) is 5.38 Å². The van der Waals surface area contributed by atoms with Crippen LogP contribution in [0.3, 0.4) is 0 Å². The highest BCUT2D eigenvalue weighted by Gasteiger charge is 2.11. The lowest BCUT2D eigenvalue weighted by Crippen LogP contribution is -2.18. The lowest BCUT2D eigenvalue weighted by molar-refractivity contribution is 0.595. The van der Waals surface area contributed by atoms with Gasteiger partial charge in [-0.2, -0.15) is 0 Å². The van der Waals surface area contributed by atoms with Crippen molar-refractivity contribution in [3.8, 4) is 0 Å². The summed E-state index contributed by atoms with van der Waals surface area (Å²) in [5, 5.41) is 5.25. The molecule has 0 saturated carbocycles. The zero-order valence-corrected chi connectivity index (χ0v) is 11.1. The van der Waals surface area contributed by atoms with Gasteiger partial charge in [0.05, 0.1) is 11.4 Å². The first-order valence-corrected chi connectivity index (χ1v) is 7.64. The Morgan fingerprint density at radius 3 is 2.75 bits per heavy atom. The van der Waals surface area contributed by atoms with E-state index in [4.69, 9.17) is 0 Å². The number of hydrogen-bond donors (Lipinski definition) is 2. The number of hydrogen-bond acceptors (Lipinski definition) is 5. The third-order valence-electron chi connectivity index (χ3n) is 1.95. The first kappa shape index (κ1) is 13.4. The summed E-state index contributed by atoms with van der Waals surface area (Å²) in [5.74, 6) is 0.146. The maximum Gasteiger partial charge on any atom is 0.234 e. The molecule has 5 nitrogen and oxygen atoms in total. The molecular formula is C9H17N3O2S2. The average Bonchev–Trinajstić information content (AvgIpc) is 2.58. The second-order valence-corrected chi connectivity index (χ2v) is 6.23. The maximum atomic E-state index is 11.6. The lowest BCUT2D eigenvalue weighted by atomic mass is 10.3. The number of nitrogens with zero attached hydrogens (tertiary/aromatic N) is 1. The van der Waals surface area contributed by atoms with E-state index in [0.717, 1.165) is 18.7 Å². The van der Waals surface area contributed by atoms with Crippen molar-refractivity contribution in [1.29, 1.82) is 0 Å². The Kier molecular flexibility index (Phi) is 5.17. The van der Waals surface area contributed by atoms with Gasteiger partial charge in [0.15, 0.2) is 5.13 Å². The number of aromatic nitrogens is 1. The minimum absolute atomic E-state index is 0.146. The van der Waals surface area contributed by atoms with E-state index in [0.29, 0.717) is 11.6 Å². The summed E-state index contributed by atoms with van der Waals surface area (Å²) >= 11 is 1.31. The highest BCUT2D eigenvalue weighted by Crippen LogP contribution is 2.16. The van der Waals surface area contributed by atoms with E-state index in [1.807, 2.05) is 19.4 Å². The summed E-state index contributed by atoms with van der Waals surface area (Å²) in [6.45, 7) is 2.67. The molecule has 0 saturated heterocycles. The van der Waals surface area contributed by atoms with Crippen LogP contribution in [-0.2, 0) is 10.0 Å². The molecule has 1 heterocycles. The molecule has 0 atom stereocenters. The highest BCUT2D eigenvalue weighted by molar-refractivity contribution is 7.92. The van der Waals surface area contributed by atoms with Gasteiger partial charge in [0.25, 0.3) is 0 Å². The Labute approximate surface area is 100 Å². The van der Waals surface area contributed by atoms with Crippen molar-refractivity contribution in [1.82, 2.24) is 10.3 Å². The van der Waals surface area contributed by atoms with Gasteiger partial charge in [0.1, 0.15) is 0 Å². The molecule has 0 aromatic carbocycles. The van der Waals surface area contributed by atoms with E-state index in [-0.39, 0.29) is 5.75 Å². The smallest absolute Gasteiger partial charge is 0.234 e. The van der Waals surface area contributed by atoms with E-state index in [1.54, 1.807) is 0 Å². The fourth-order valence-corrected chi connectivity index (χ4v) is 3.28. The summed E-state index contributed by atoms with van der Waals surface area (Å²) in [6.07, 6.45) is 1.51. The average molecular weight is 263 g/mol. The van der Waals surface area contributed by atoms with Crippen molar-refractivity contribution in [2.75, 3.05) is 24.1 Å². The van der Waals surface area contributed by atoms with Crippen LogP contribution < -0.4 is 10.0 Å². The zero-order chi connectivity index (χ0) is 12.0. The molecular weight excluding hydrogens is 246 g/mol. The van der Waals surface area contributed by atoms with Crippen LogP contribution >= 0.6 is 11.3 Å². The summed E-state index contributed by atoms with van der Waals surface area (Å²) in [4.78, 5) is 4.06. The van der Waals surface area contributed by atoms with E-state index >= 15 is 0 Å². The first-order chi connectivity index (χ1) is 7.53. The normalized spacial score (nSPS) is 11.6. The molecule has 0 unspecified atom stereocenters. The van der Waals surface area contributed by atoms with E-state index in [9.17, 15) is 8.42 Å². The summed E-state index contributed by atoms with van der Waals surface area (Å²) in [5.41, 5.74) is 0.831. The summed E-state index contributed by atoms with van der Waals surface area (Å²) < 4.78 is 25.7. The molecule has 0 bridgehead atoms. The number of thiazole rings is 1. The lowest BCUT2D eigenvalue weighted by Gasteiger charge is -2.04. The van der Waals surface area contributed by atoms with Gasteiger partial charge in [-0.3, -0.25) is 4.72 Å². The van der Waals surface area contributed by atoms with Crippen LogP contribution in [0.4, 0.5) is 5.13 Å². The van der Waals surface area contributed by atoms with Gasteiger partial charge in [0, 0.05) is 5.38 Å². The number of nitrogens with one attached hydrogen (secondary N) is 2. The maximum absolute atomic E-state index is 11.6. The Morgan fingerprint density at radius 2 is 2.19 bits per heavy atom. The predicted octanol–water partition coefficient (Wildman–Crippen LogP) is 1.19. The molecule has 0 spiro atoms. The molecule has 0 fully saturated rings. The monoisotopic (exact) mass is 263 g/mol. The molecule has 92 valence electrons. The molecule has 1 aromatic rings. The molecule has 1 rings (SSSR count). The zero-order valence-electron chi connectivity index (χ0n) is 9.49. The molecule has 0 aliphatic rings. The van der Waals surface area contributed by atoms with Crippen LogP contribution in [-0.4, -0.2) is 32.7 Å². The third-order valence-corrected chi connectivity index (χ3v) is 4.29. The highest BCUT2D eigenvalue weighted by atomic mass is 32.2. The molecule has 0 amide bonds. The fraction of sp³-hybridized carbons (Fsp3) is 0.667. The fourth-order valence-electron chi connectivity index (χ4n) is 1.18. The van der Waals surface area contributed by atoms with Crippen LogP contribution in [0, 0.1) is 6.92 Å². The SMILES string of the molecule is CNCCCCS(=O)(=O)Nc1nc(C)cs1. The van der Waals surface area contributed by atoms with Crippen molar-refractivity contribution in [3.63, 3.8) is 0 Å². The topological polar surface area (TPSA) is 71.1 Å². The van der Waals surface area contributed by atoms with Crippen LogP contribution in [0.5, 0.6) is 0 Å². The molecule has 0 aliphatic heterocycles. The Bertz CT molecular complexity index is 414. The van der Waals surface area contributed by atoms with Crippen molar-refractivity contribution in [2.45, 2.75) is 19.8 Å². The third kappa shape index (κ3) is 4.91. The van der Waals surface area contributed by atoms with Gasteiger partial charge in [-0.15, -0.1) is 11.3 Å². The molecule has 2 N–H and O–H groups in total. The van der Waals surface area contributed by atoms with Gasteiger partial charge in [0.2, 0.25) is 10.0 Å². The van der Waals surface area contributed by atoms with Gasteiger partial charge in [-0.05, 0) is 33.4 Å². The number of anilines is 1. The van der Waals surface area contributed by atoms with Gasteiger partial charge >= 0.3 is 0 Å². The second kappa shape index (κ2) is 6.17. The van der Waals surface area contributed by atoms with Crippen molar-refractivity contribution < 1.29 is 8.42 Å². The van der Waals surface area contributed by atoms with Crippen molar-refractivity contribution in [2.24, 2.45) is 0 Å². The van der Waals surface area contributed by atoms with Gasteiger partial charge in [-0.25, -0.2) is 13.4 Å². The van der Waals surface area contributed by atoms with Crippen molar-refractivity contribution in [3.05, 3.63) is 11.1 Å². The molecule has 1 aromatic heterocycles. The standard InChI is InChI=1S/C9H17N3O2S2/c1-8-7-15-9(11-8)12-16(13,14)6-4-3-5-10-2/h7,10H,3-6H2,1-2H3,(H,11,12). The van der Waals surface area contributed by atoms with Crippen LogP contribution in [0.2, 0.25) is 0 Å². The van der Waals surface area contributed by atoms with E-state index < -0.39 is 10.0 Å². The van der Waals surface area contributed by atoms with Gasteiger partial charge < -0.3 is 5.32 Å². The largest absolute Gasteiger partial charge is 0.320 e. The van der Waals surface area contributed by atoms with E-state index in [1.165, 1.54) is 11.3 Å². The van der Waals surface area contributed by atoms with Crippen molar-refractivity contribution >= 4 is 26.5 Å². The summed E-state index contributed by atoms with van der Waals surface area (Å²) in [6, 6.07) is 0. The Balaban J connectivity index is 2.40. The quantitative estimate of drug-likeness (QED) is 0.725. The van der Waals surface area contributed by atoms with Gasteiger partial charge in [-0.1, -0.05) is 0 Å². The minimum Gasteiger partial charge on any atom is -0.320 e. The van der Waals surface area contributed by atoms with Crippen LogP contribution in [0.1, 0.15) is 18.5 Å². The van der Waals surface area contributed by atoms with E-state index in [2.05, 4.69) is 15.0 Å². The number of unbranched alkanes of at least 4 members (excludes halogenated alkanes) is 1. The summed E-state index contributed by atoms with van der Waals surface area (Å²) in [7, 11) is -1.38. The number of rotatable bonds is 7. The second-order valence-electron chi connectivity index (χ2n) is 3.53. The molecule has 16 heavy (non-hydrogen) atoms. The molecule has 0 radical (unpaired) electrons. The number of aryl methyl sites for hydroxylation is 1. The Morgan fingerprint density at radius 1 is 1.44 bits per heavy atom. The number of sulfonamides is 1. The van der Waals surface area contributed by atoms with Crippen LogP contribution in [0.25, 0.3) is 0 Å².